The highest BCUT2D eigenvalue weighted by Crippen LogP contribution is 2.28. The lowest BCUT2D eigenvalue weighted by Crippen LogP contribution is -2.33. The third kappa shape index (κ3) is 3.86. The van der Waals surface area contributed by atoms with Gasteiger partial charge in [0.15, 0.2) is 11.5 Å². The standard InChI is InChI=1S/C23H28N8/c1-3-7-18-15-30(31-23(18)24-21(4-2)27-31)14-16-10-12-17(13-11-16)19-8-5-6-9-20(19)22-25-28-29-26-22/h5-6,8-13,15,22,25-26,28-29H,3-4,7,14H2,1-2H3. The number of rotatable bonds is 7. The molecule has 0 amide bonds. The van der Waals surface area contributed by atoms with Crippen LogP contribution in [0, 0.1) is 0 Å². The van der Waals surface area contributed by atoms with E-state index in [2.05, 4.69) is 95.2 Å². The van der Waals surface area contributed by atoms with Crippen LogP contribution >= 0.6 is 0 Å². The zero-order valence-corrected chi connectivity index (χ0v) is 17.9. The molecule has 160 valence electrons. The second-order valence-corrected chi connectivity index (χ2v) is 7.85. The van der Waals surface area contributed by atoms with Gasteiger partial charge in [0.1, 0.15) is 6.17 Å². The number of nitrogens with zero attached hydrogens (tertiary/aromatic N) is 4. The van der Waals surface area contributed by atoms with E-state index < -0.39 is 0 Å². The smallest absolute Gasteiger partial charge is 0.178 e. The van der Waals surface area contributed by atoms with Gasteiger partial charge in [-0.25, -0.2) is 15.8 Å². The van der Waals surface area contributed by atoms with Gasteiger partial charge in [0.2, 0.25) is 0 Å². The molecule has 2 aromatic carbocycles. The minimum atomic E-state index is 0.00102. The summed E-state index contributed by atoms with van der Waals surface area (Å²) in [5.74, 6) is 0.895. The fourth-order valence-corrected chi connectivity index (χ4v) is 4.12. The van der Waals surface area contributed by atoms with Crippen LogP contribution in [0.25, 0.3) is 16.8 Å². The summed E-state index contributed by atoms with van der Waals surface area (Å²) in [6, 6.07) is 17.2. The van der Waals surface area contributed by atoms with Gasteiger partial charge in [0.25, 0.3) is 0 Å². The molecule has 31 heavy (non-hydrogen) atoms. The van der Waals surface area contributed by atoms with Crippen molar-refractivity contribution in [3.63, 3.8) is 0 Å². The molecule has 4 N–H and O–H groups in total. The summed E-state index contributed by atoms with van der Waals surface area (Å²) in [7, 11) is 0. The van der Waals surface area contributed by atoms with Crippen molar-refractivity contribution in [2.24, 2.45) is 0 Å². The van der Waals surface area contributed by atoms with Crippen molar-refractivity contribution >= 4 is 5.65 Å². The second kappa shape index (κ2) is 8.60. The van der Waals surface area contributed by atoms with Gasteiger partial charge in [-0.2, -0.15) is 15.7 Å². The number of fused-ring (bicyclic) bond motifs is 1. The van der Waals surface area contributed by atoms with E-state index in [1.54, 1.807) is 0 Å². The largest absolute Gasteiger partial charge is 0.266 e. The Balaban J connectivity index is 1.42. The van der Waals surface area contributed by atoms with Crippen molar-refractivity contribution in [2.75, 3.05) is 0 Å². The Kier molecular flexibility index (Phi) is 5.52. The average Bonchev–Trinajstić information content (AvgIpc) is 3.54. The lowest BCUT2D eigenvalue weighted by Gasteiger charge is -2.15. The Morgan fingerprint density at radius 1 is 0.968 bits per heavy atom. The van der Waals surface area contributed by atoms with Crippen LogP contribution in [0.3, 0.4) is 0 Å². The summed E-state index contributed by atoms with van der Waals surface area (Å²) >= 11 is 0. The van der Waals surface area contributed by atoms with E-state index in [9.17, 15) is 0 Å². The molecule has 8 heteroatoms. The maximum absolute atomic E-state index is 4.72. The van der Waals surface area contributed by atoms with Crippen LogP contribution in [0.1, 0.15) is 48.9 Å². The first-order valence-electron chi connectivity index (χ1n) is 10.9. The summed E-state index contributed by atoms with van der Waals surface area (Å²) in [5.41, 5.74) is 19.2. The van der Waals surface area contributed by atoms with Gasteiger partial charge in [0, 0.05) is 18.2 Å². The van der Waals surface area contributed by atoms with Crippen LogP contribution < -0.4 is 21.9 Å². The second-order valence-electron chi connectivity index (χ2n) is 7.85. The number of hydrogen-bond acceptors (Lipinski definition) is 6. The maximum Gasteiger partial charge on any atom is 0.178 e. The van der Waals surface area contributed by atoms with E-state index in [0.29, 0.717) is 0 Å². The maximum atomic E-state index is 4.72. The van der Waals surface area contributed by atoms with Gasteiger partial charge < -0.3 is 0 Å². The highest BCUT2D eigenvalue weighted by Gasteiger charge is 2.18. The molecule has 0 atom stereocenters. The van der Waals surface area contributed by atoms with Crippen LogP contribution in [0.4, 0.5) is 0 Å². The van der Waals surface area contributed by atoms with Crippen LogP contribution in [-0.4, -0.2) is 19.4 Å². The quantitative estimate of drug-likeness (QED) is 0.371. The molecule has 2 aromatic heterocycles. The summed E-state index contributed by atoms with van der Waals surface area (Å²) < 4.78 is 4.13. The van der Waals surface area contributed by atoms with Gasteiger partial charge >= 0.3 is 0 Å². The Labute approximate surface area is 181 Å². The third-order valence-electron chi connectivity index (χ3n) is 5.68. The molecule has 0 radical (unpaired) electrons. The van der Waals surface area contributed by atoms with E-state index in [4.69, 9.17) is 10.1 Å². The minimum absolute atomic E-state index is 0.00102. The summed E-state index contributed by atoms with van der Waals surface area (Å²) in [5, 5.41) is 4.69. The van der Waals surface area contributed by atoms with Crippen molar-refractivity contribution in [3.05, 3.63) is 77.2 Å². The zero-order chi connectivity index (χ0) is 21.2. The zero-order valence-electron chi connectivity index (χ0n) is 17.9. The predicted octanol–water partition coefficient (Wildman–Crippen LogP) is 2.88. The third-order valence-corrected chi connectivity index (χ3v) is 5.68. The summed E-state index contributed by atoms with van der Waals surface area (Å²) in [6.07, 6.45) is 5.15. The molecule has 5 rings (SSSR count). The molecule has 0 bridgehead atoms. The first-order chi connectivity index (χ1) is 15.3. The van der Waals surface area contributed by atoms with Crippen molar-refractivity contribution in [1.82, 2.24) is 41.3 Å². The fraction of sp³-hybridized carbons (Fsp3) is 0.304. The van der Waals surface area contributed by atoms with E-state index in [1.165, 1.54) is 27.8 Å². The first kappa shape index (κ1) is 19.9. The van der Waals surface area contributed by atoms with E-state index >= 15 is 0 Å². The lowest BCUT2D eigenvalue weighted by atomic mass is 9.97. The molecule has 1 fully saturated rings. The Morgan fingerprint density at radius 3 is 2.48 bits per heavy atom. The monoisotopic (exact) mass is 416 g/mol. The number of aryl methyl sites for hydroxylation is 2. The normalized spacial score (nSPS) is 14.6. The van der Waals surface area contributed by atoms with Gasteiger partial charge in [-0.15, -0.1) is 5.10 Å². The highest BCUT2D eigenvalue weighted by atomic mass is 15.8. The highest BCUT2D eigenvalue weighted by molar-refractivity contribution is 5.68. The summed E-state index contributed by atoms with van der Waals surface area (Å²) in [6.45, 7) is 5.05. The number of nitrogens with one attached hydrogen (secondary N) is 4. The molecule has 0 unspecified atom stereocenters. The van der Waals surface area contributed by atoms with E-state index in [0.717, 1.165) is 37.3 Å². The molecular formula is C23H28N8. The molecule has 1 saturated heterocycles. The molecule has 3 heterocycles. The van der Waals surface area contributed by atoms with Crippen LogP contribution in [0.5, 0.6) is 0 Å². The van der Waals surface area contributed by atoms with E-state index in [-0.39, 0.29) is 6.17 Å². The Morgan fingerprint density at radius 2 is 1.74 bits per heavy atom. The topological polar surface area (TPSA) is 83.2 Å². The lowest BCUT2D eigenvalue weighted by molar-refractivity contribution is 0.556. The van der Waals surface area contributed by atoms with Crippen LogP contribution in [-0.2, 0) is 19.4 Å². The molecule has 4 aromatic rings. The van der Waals surface area contributed by atoms with Crippen LogP contribution in [0.15, 0.2) is 54.7 Å². The molecule has 1 aliphatic heterocycles. The number of hydrazine groups is 3. The minimum Gasteiger partial charge on any atom is -0.266 e. The summed E-state index contributed by atoms with van der Waals surface area (Å²) in [4.78, 5) is 4.72. The van der Waals surface area contributed by atoms with Gasteiger partial charge in [-0.05, 0) is 28.7 Å². The van der Waals surface area contributed by atoms with Gasteiger partial charge in [0.05, 0.1) is 6.54 Å². The van der Waals surface area contributed by atoms with Crippen molar-refractivity contribution in [1.29, 1.82) is 0 Å². The van der Waals surface area contributed by atoms with E-state index in [1.807, 2.05) is 4.63 Å². The average molecular weight is 417 g/mol. The molecule has 0 aliphatic carbocycles. The van der Waals surface area contributed by atoms with Gasteiger partial charge in [-0.1, -0.05) is 68.8 Å². The van der Waals surface area contributed by atoms with Crippen LogP contribution in [0.2, 0.25) is 0 Å². The Bertz CT molecular complexity index is 1170. The number of hydrogen-bond donors (Lipinski definition) is 4. The molecule has 1 aliphatic rings. The number of benzene rings is 2. The molecular weight excluding hydrogens is 388 g/mol. The molecule has 8 nitrogen and oxygen atoms in total. The SMILES string of the molecule is CCCc1cn(Cc2ccc(-c3ccccc3C3NNNN3)cc2)n2nc(CC)nc12. The molecule has 0 saturated carbocycles. The van der Waals surface area contributed by atoms with Gasteiger partial charge in [-0.3, -0.25) is 4.68 Å². The fourth-order valence-electron chi connectivity index (χ4n) is 4.12. The number of aromatic nitrogens is 4. The first-order valence-corrected chi connectivity index (χ1v) is 10.9. The van der Waals surface area contributed by atoms with Crippen molar-refractivity contribution in [2.45, 2.75) is 45.8 Å². The predicted molar refractivity (Wildman–Crippen MR) is 121 cm³/mol. The Hall–Kier alpha value is -3.04. The molecule has 0 spiro atoms. The van der Waals surface area contributed by atoms with Crippen molar-refractivity contribution < 1.29 is 0 Å². The van der Waals surface area contributed by atoms with Crippen molar-refractivity contribution in [3.8, 4) is 11.1 Å².